The summed E-state index contributed by atoms with van der Waals surface area (Å²) in [4.78, 5) is 21.4. The topological polar surface area (TPSA) is 92.3 Å². The van der Waals surface area contributed by atoms with Gasteiger partial charge in [0.05, 0.1) is 22.7 Å². The number of rotatable bonds is 6. The summed E-state index contributed by atoms with van der Waals surface area (Å²) in [6.07, 6.45) is 4.62. The predicted octanol–water partition coefficient (Wildman–Crippen LogP) is 3.56. The van der Waals surface area contributed by atoms with Gasteiger partial charge in [0.25, 0.3) is 0 Å². The summed E-state index contributed by atoms with van der Waals surface area (Å²) in [5, 5.41) is 5.37. The van der Waals surface area contributed by atoms with Gasteiger partial charge in [-0.3, -0.25) is 9.78 Å². The molecule has 1 N–H and O–H groups in total. The standard InChI is InChI=1S/C21H22N4O3S2/c26-20(14-17-15-29-21(24-17)19-9-2-3-10-22-19)23-16-7-6-8-18(13-16)30(27,28)25-11-4-1-5-12-25/h2-3,6-10,13,15H,1,4-5,11-12,14H2,(H,23,26). The van der Waals surface area contributed by atoms with Crippen LogP contribution in [-0.4, -0.2) is 41.7 Å². The van der Waals surface area contributed by atoms with E-state index < -0.39 is 10.0 Å². The number of aromatic nitrogens is 2. The molecule has 0 radical (unpaired) electrons. The van der Waals surface area contributed by atoms with Crippen LogP contribution in [0.3, 0.4) is 0 Å². The van der Waals surface area contributed by atoms with Gasteiger partial charge in [0, 0.05) is 30.4 Å². The molecule has 30 heavy (non-hydrogen) atoms. The summed E-state index contributed by atoms with van der Waals surface area (Å²) >= 11 is 1.43. The van der Waals surface area contributed by atoms with Crippen LogP contribution in [0.1, 0.15) is 25.0 Å². The minimum atomic E-state index is -3.54. The zero-order chi connectivity index (χ0) is 21.0. The normalized spacial score (nSPS) is 15.1. The van der Waals surface area contributed by atoms with E-state index in [0.717, 1.165) is 30.0 Å². The van der Waals surface area contributed by atoms with Crippen molar-refractivity contribution in [1.82, 2.24) is 14.3 Å². The van der Waals surface area contributed by atoms with Crippen molar-refractivity contribution in [3.05, 3.63) is 59.7 Å². The van der Waals surface area contributed by atoms with E-state index in [-0.39, 0.29) is 17.2 Å². The van der Waals surface area contributed by atoms with Crippen LogP contribution in [0.2, 0.25) is 0 Å². The number of piperidine rings is 1. The Balaban J connectivity index is 1.43. The van der Waals surface area contributed by atoms with E-state index in [1.807, 2.05) is 23.6 Å². The van der Waals surface area contributed by atoms with Crippen molar-refractivity contribution in [2.24, 2.45) is 0 Å². The molecule has 0 spiro atoms. The Morgan fingerprint density at radius 3 is 2.70 bits per heavy atom. The molecule has 1 aromatic carbocycles. The summed E-state index contributed by atoms with van der Waals surface area (Å²) in [7, 11) is -3.54. The quantitative estimate of drug-likeness (QED) is 0.630. The smallest absolute Gasteiger partial charge is 0.243 e. The van der Waals surface area contributed by atoms with E-state index in [0.29, 0.717) is 24.5 Å². The molecule has 3 aromatic rings. The molecule has 1 amide bonds. The molecule has 1 aliphatic heterocycles. The van der Waals surface area contributed by atoms with Gasteiger partial charge in [0.2, 0.25) is 15.9 Å². The number of nitrogens with one attached hydrogen (secondary N) is 1. The molecule has 1 aliphatic rings. The third-order valence-corrected chi connectivity index (χ3v) is 7.66. The molecule has 2 aromatic heterocycles. The Morgan fingerprint density at radius 2 is 1.93 bits per heavy atom. The van der Waals surface area contributed by atoms with Crippen LogP contribution in [0.4, 0.5) is 5.69 Å². The maximum Gasteiger partial charge on any atom is 0.243 e. The molecule has 0 saturated carbocycles. The molecule has 0 bridgehead atoms. The minimum Gasteiger partial charge on any atom is -0.326 e. The van der Waals surface area contributed by atoms with Crippen LogP contribution in [0, 0.1) is 0 Å². The van der Waals surface area contributed by atoms with E-state index in [4.69, 9.17) is 0 Å². The van der Waals surface area contributed by atoms with Gasteiger partial charge in [-0.15, -0.1) is 11.3 Å². The van der Waals surface area contributed by atoms with Crippen LogP contribution in [-0.2, 0) is 21.2 Å². The third kappa shape index (κ3) is 4.75. The molecule has 0 unspecified atom stereocenters. The molecule has 3 heterocycles. The molecule has 1 fully saturated rings. The lowest BCUT2D eigenvalue weighted by Gasteiger charge is -2.26. The Bertz CT molecular complexity index is 1120. The lowest BCUT2D eigenvalue weighted by molar-refractivity contribution is -0.115. The van der Waals surface area contributed by atoms with Crippen molar-refractivity contribution in [2.45, 2.75) is 30.6 Å². The highest BCUT2D eigenvalue weighted by Gasteiger charge is 2.26. The van der Waals surface area contributed by atoms with Crippen LogP contribution in [0.5, 0.6) is 0 Å². The van der Waals surface area contributed by atoms with Crippen molar-refractivity contribution in [3.63, 3.8) is 0 Å². The highest BCUT2D eigenvalue weighted by molar-refractivity contribution is 7.89. The SMILES string of the molecule is O=C(Cc1csc(-c2ccccn2)n1)Nc1cccc(S(=O)(=O)N2CCCCC2)c1. The Hall–Kier alpha value is -2.62. The van der Waals surface area contributed by atoms with Crippen LogP contribution < -0.4 is 5.32 Å². The van der Waals surface area contributed by atoms with Gasteiger partial charge in [-0.1, -0.05) is 18.6 Å². The van der Waals surface area contributed by atoms with Gasteiger partial charge in [0.15, 0.2) is 0 Å². The molecular formula is C21H22N4O3S2. The molecule has 0 atom stereocenters. The number of anilines is 1. The van der Waals surface area contributed by atoms with Gasteiger partial charge in [-0.2, -0.15) is 4.31 Å². The fourth-order valence-corrected chi connectivity index (χ4v) is 5.71. The fraction of sp³-hybridized carbons (Fsp3) is 0.286. The first kappa shape index (κ1) is 20.6. The van der Waals surface area contributed by atoms with Gasteiger partial charge >= 0.3 is 0 Å². The second-order valence-electron chi connectivity index (χ2n) is 7.08. The number of sulfonamides is 1. The van der Waals surface area contributed by atoms with Gasteiger partial charge in [-0.05, 0) is 43.2 Å². The molecule has 156 valence electrons. The van der Waals surface area contributed by atoms with Crippen LogP contribution in [0.15, 0.2) is 58.9 Å². The summed E-state index contributed by atoms with van der Waals surface area (Å²) in [5.74, 6) is -0.250. The number of amides is 1. The van der Waals surface area contributed by atoms with Crippen molar-refractivity contribution in [2.75, 3.05) is 18.4 Å². The molecular weight excluding hydrogens is 420 g/mol. The lowest BCUT2D eigenvalue weighted by Crippen LogP contribution is -2.35. The second kappa shape index (κ2) is 9.03. The molecule has 9 heteroatoms. The van der Waals surface area contributed by atoms with Crippen molar-refractivity contribution < 1.29 is 13.2 Å². The van der Waals surface area contributed by atoms with Crippen molar-refractivity contribution in [3.8, 4) is 10.7 Å². The van der Waals surface area contributed by atoms with Gasteiger partial charge < -0.3 is 5.32 Å². The van der Waals surface area contributed by atoms with Gasteiger partial charge in [0.1, 0.15) is 5.01 Å². The van der Waals surface area contributed by atoms with Crippen molar-refractivity contribution in [1.29, 1.82) is 0 Å². The summed E-state index contributed by atoms with van der Waals surface area (Å²) < 4.78 is 27.2. The number of carbonyl (C=O) groups is 1. The van der Waals surface area contributed by atoms with Gasteiger partial charge in [-0.25, -0.2) is 13.4 Å². The van der Waals surface area contributed by atoms with E-state index >= 15 is 0 Å². The number of thiazole rings is 1. The fourth-order valence-electron chi connectivity index (χ4n) is 3.35. The Morgan fingerprint density at radius 1 is 1.10 bits per heavy atom. The van der Waals surface area contributed by atoms with E-state index in [1.54, 1.807) is 24.4 Å². The number of hydrogen-bond donors (Lipinski definition) is 1. The highest BCUT2D eigenvalue weighted by atomic mass is 32.2. The number of benzene rings is 1. The number of nitrogens with zero attached hydrogens (tertiary/aromatic N) is 3. The van der Waals surface area contributed by atoms with E-state index in [1.165, 1.54) is 21.7 Å². The number of carbonyl (C=O) groups excluding carboxylic acids is 1. The molecule has 1 saturated heterocycles. The number of pyridine rings is 1. The first-order chi connectivity index (χ1) is 14.5. The minimum absolute atomic E-state index is 0.104. The first-order valence-electron chi connectivity index (χ1n) is 9.78. The Labute approximate surface area is 179 Å². The summed E-state index contributed by atoms with van der Waals surface area (Å²) in [5.41, 5.74) is 1.87. The maximum absolute atomic E-state index is 12.9. The zero-order valence-corrected chi connectivity index (χ0v) is 18.0. The average molecular weight is 443 g/mol. The largest absolute Gasteiger partial charge is 0.326 e. The number of hydrogen-bond acceptors (Lipinski definition) is 6. The first-order valence-corrected chi connectivity index (χ1v) is 12.1. The van der Waals surface area contributed by atoms with Crippen LogP contribution >= 0.6 is 11.3 Å². The lowest BCUT2D eigenvalue weighted by atomic mass is 10.2. The Kier molecular flexibility index (Phi) is 6.21. The second-order valence-corrected chi connectivity index (χ2v) is 9.87. The predicted molar refractivity (Wildman–Crippen MR) is 117 cm³/mol. The van der Waals surface area contributed by atoms with E-state index in [2.05, 4.69) is 15.3 Å². The van der Waals surface area contributed by atoms with Crippen molar-refractivity contribution >= 4 is 33.0 Å². The molecule has 4 rings (SSSR count). The summed E-state index contributed by atoms with van der Waals surface area (Å²) in [6, 6.07) is 12.0. The molecule has 0 aliphatic carbocycles. The summed E-state index contributed by atoms with van der Waals surface area (Å²) in [6.45, 7) is 1.09. The molecule has 7 nitrogen and oxygen atoms in total. The third-order valence-electron chi connectivity index (χ3n) is 4.85. The van der Waals surface area contributed by atoms with Crippen LogP contribution in [0.25, 0.3) is 10.7 Å². The van der Waals surface area contributed by atoms with E-state index in [9.17, 15) is 13.2 Å². The average Bonchev–Trinajstić information content (AvgIpc) is 3.23. The highest BCUT2D eigenvalue weighted by Crippen LogP contribution is 2.24. The zero-order valence-electron chi connectivity index (χ0n) is 16.3. The maximum atomic E-state index is 12.9. The monoisotopic (exact) mass is 442 g/mol.